The molecule has 148 valence electrons. The Labute approximate surface area is 172 Å². The Hall–Kier alpha value is -2.41. The van der Waals surface area contributed by atoms with Crippen molar-refractivity contribution in [3.63, 3.8) is 0 Å². The molecule has 0 bridgehead atoms. The van der Waals surface area contributed by atoms with Gasteiger partial charge in [-0.05, 0) is 65.5 Å². The number of hydrogen-bond donors (Lipinski definition) is 2. The number of hydrogen-bond acceptors (Lipinski definition) is 2. The number of carbonyl (C=O) groups excluding carboxylic acids is 2. The molecule has 5 nitrogen and oxygen atoms in total. The lowest BCUT2D eigenvalue weighted by atomic mass is 9.81. The standard InChI is InChI=1S/C21H23BrFN3O2/c1-21(19(27)24-13-15-7-9-16(23)10-8-15)11-4-12-26(14-21)20(28)25-18-6-3-2-5-17(18)22/h2-3,5-10H,4,11-14H2,1H3,(H,24,27)(H,25,28)/t21-/m1/s1. The topological polar surface area (TPSA) is 61.4 Å². The second-order valence-electron chi connectivity index (χ2n) is 7.30. The molecule has 2 aromatic rings. The fourth-order valence-electron chi connectivity index (χ4n) is 3.35. The van der Waals surface area contributed by atoms with Gasteiger partial charge in [-0.1, -0.05) is 24.3 Å². The number of amides is 3. The van der Waals surface area contributed by atoms with Crippen LogP contribution in [-0.4, -0.2) is 29.9 Å². The molecule has 1 atom stereocenters. The van der Waals surface area contributed by atoms with Crippen molar-refractivity contribution in [2.45, 2.75) is 26.3 Å². The molecule has 0 spiro atoms. The zero-order chi connectivity index (χ0) is 20.1. The monoisotopic (exact) mass is 447 g/mol. The van der Waals surface area contributed by atoms with E-state index in [4.69, 9.17) is 0 Å². The molecule has 3 amide bonds. The van der Waals surface area contributed by atoms with Crippen molar-refractivity contribution in [3.05, 3.63) is 64.4 Å². The quantitative estimate of drug-likeness (QED) is 0.722. The summed E-state index contributed by atoms with van der Waals surface area (Å²) in [6, 6.07) is 13.2. The highest BCUT2D eigenvalue weighted by Crippen LogP contribution is 2.31. The van der Waals surface area contributed by atoms with Crippen LogP contribution in [-0.2, 0) is 11.3 Å². The van der Waals surface area contributed by atoms with Crippen molar-refractivity contribution in [1.82, 2.24) is 10.2 Å². The number of benzene rings is 2. The van der Waals surface area contributed by atoms with Crippen molar-refractivity contribution in [2.75, 3.05) is 18.4 Å². The maximum absolute atomic E-state index is 13.0. The molecular formula is C21H23BrFN3O2. The van der Waals surface area contributed by atoms with Gasteiger partial charge in [0.2, 0.25) is 5.91 Å². The van der Waals surface area contributed by atoms with Crippen LogP contribution in [0.5, 0.6) is 0 Å². The Morgan fingerprint density at radius 3 is 2.61 bits per heavy atom. The van der Waals surface area contributed by atoms with Crippen LogP contribution in [0.4, 0.5) is 14.9 Å². The number of halogens is 2. The molecule has 3 rings (SSSR count). The van der Waals surface area contributed by atoms with Crippen molar-refractivity contribution in [3.8, 4) is 0 Å². The molecule has 0 aliphatic carbocycles. The van der Waals surface area contributed by atoms with Gasteiger partial charge >= 0.3 is 6.03 Å². The summed E-state index contributed by atoms with van der Waals surface area (Å²) in [6.07, 6.45) is 1.46. The van der Waals surface area contributed by atoms with Gasteiger partial charge in [0.1, 0.15) is 5.82 Å². The van der Waals surface area contributed by atoms with E-state index >= 15 is 0 Å². The molecule has 1 saturated heterocycles. The SMILES string of the molecule is C[C@@]1(C(=O)NCc2ccc(F)cc2)CCCN(C(=O)Nc2ccccc2Br)C1. The van der Waals surface area contributed by atoms with Crippen LogP contribution in [0.2, 0.25) is 0 Å². The van der Waals surface area contributed by atoms with E-state index in [0.717, 1.165) is 16.5 Å². The number of nitrogens with zero attached hydrogens (tertiary/aromatic N) is 1. The summed E-state index contributed by atoms with van der Waals surface area (Å²) in [7, 11) is 0. The zero-order valence-corrected chi connectivity index (χ0v) is 17.3. The highest BCUT2D eigenvalue weighted by Gasteiger charge is 2.39. The highest BCUT2D eigenvalue weighted by atomic mass is 79.9. The lowest BCUT2D eigenvalue weighted by molar-refractivity contribution is -0.132. The molecule has 0 saturated carbocycles. The summed E-state index contributed by atoms with van der Waals surface area (Å²) in [6.45, 7) is 3.17. The molecule has 0 radical (unpaired) electrons. The molecule has 1 heterocycles. The Morgan fingerprint density at radius 2 is 1.89 bits per heavy atom. The summed E-state index contributed by atoms with van der Waals surface area (Å²) in [5.74, 6) is -0.406. The molecule has 0 unspecified atom stereocenters. The van der Waals surface area contributed by atoms with Crippen LogP contribution in [0.3, 0.4) is 0 Å². The van der Waals surface area contributed by atoms with Crippen molar-refractivity contribution in [1.29, 1.82) is 0 Å². The second kappa shape index (κ2) is 8.73. The summed E-state index contributed by atoms with van der Waals surface area (Å²) < 4.78 is 13.8. The molecular weight excluding hydrogens is 425 g/mol. The molecule has 7 heteroatoms. The van der Waals surface area contributed by atoms with E-state index in [2.05, 4.69) is 26.6 Å². The van der Waals surface area contributed by atoms with E-state index in [-0.39, 0.29) is 17.8 Å². The molecule has 1 aliphatic rings. The van der Waals surface area contributed by atoms with Gasteiger partial charge < -0.3 is 15.5 Å². The number of nitrogens with one attached hydrogen (secondary N) is 2. The average Bonchev–Trinajstić information content (AvgIpc) is 2.69. The lowest BCUT2D eigenvalue weighted by Gasteiger charge is -2.39. The van der Waals surface area contributed by atoms with Crippen LogP contribution < -0.4 is 10.6 Å². The summed E-state index contributed by atoms with van der Waals surface area (Å²) in [5, 5.41) is 5.81. The van der Waals surface area contributed by atoms with E-state index in [1.54, 1.807) is 17.0 Å². The number of likely N-dealkylation sites (tertiary alicyclic amines) is 1. The predicted molar refractivity (Wildman–Crippen MR) is 110 cm³/mol. The Bertz CT molecular complexity index is 859. The van der Waals surface area contributed by atoms with Crippen molar-refractivity contribution < 1.29 is 14.0 Å². The van der Waals surface area contributed by atoms with Crippen LogP contribution in [0.15, 0.2) is 53.0 Å². The van der Waals surface area contributed by atoms with Crippen LogP contribution in [0, 0.1) is 11.2 Å². The molecule has 1 aliphatic heterocycles. The van der Waals surface area contributed by atoms with Gasteiger partial charge in [0.25, 0.3) is 0 Å². The molecule has 1 fully saturated rings. The minimum Gasteiger partial charge on any atom is -0.351 e. The molecule has 2 N–H and O–H groups in total. The van der Waals surface area contributed by atoms with E-state index in [9.17, 15) is 14.0 Å². The van der Waals surface area contributed by atoms with Crippen LogP contribution in [0.1, 0.15) is 25.3 Å². The van der Waals surface area contributed by atoms with E-state index < -0.39 is 5.41 Å². The Balaban J connectivity index is 1.60. The summed E-state index contributed by atoms with van der Waals surface area (Å²) in [4.78, 5) is 27.1. The lowest BCUT2D eigenvalue weighted by Crippen LogP contribution is -2.52. The highest BCUT2D eigenvalue weighted by molar-refractivity contribution is 9.10. The van der Waals surface area contributed by atoms with Gasteiger partial charge in [0.05, 0.1) is 11.1 Å². The minimum absolute atomic E-state index is 0.102. The van der Waals surface area contributed by atoms with Gasteiger partial charge in [0, 0.05) is 24.1 Å². The Morgan fingerprint density at radius 1 is 1.18 bits per heavy atom. The first kappa shape index (κ1) is 20.3. The Kier molecular flexibility index (Phi) is 6.34. The third-order valence-electron chi connectivity index (χ3n) is 5.01. The van der Waals surface area contributed by atoms with Crippen LogP contribution >= 0.6 is 15.9 Å². The number of anilines is 1. The third-order valence-corrected chi connectivity index (χ3v) is 5.71. The third kappa shape index (κ3) is 4.90. The summed E-state index contributed by atoms with van der Waals surface area (Å²) in [5.41, 5.74) is 0.863. The van der Waals surface area contributed by atoms with Crippen molar-refractivity contribution >= 4 is 33.6 Å². The fraction of sp³-hybridized carbons (Fsp3) is 0.333. The van der Waals surface area contributed by atoms with Gasteiger partial charge in [-0.3, -0.25) is 4.79 Å². The number of urea groups is 1. The largest absolute Gasteiger partial charge is 0.351 e. The van der Waals surface area contributed by atoms with Gasteiger partial charge in [-0.25, -0.2) is 9.18 Å². The normalized spacial score (nSPS) is 19.2. The van der Waals surface area contributed by atoms with Crippen molar-refractivity contribution in [2.24, 2.45) is 5.41 Å². The zero-order valence-electron chi connectivity index (χ0n) is 15.7. The van der Waals surface area contributed by atoms with Crippen LogP contribution in [0.25, 0.3) is 0 Å². The number of para-hydroxylation sites is 1. The minimum atomic E-state index is -0.663. The first-order chi connectivity index (χ1) is 13.4. The van der Waals surface area contributed by atoms with E-state index in [1.807, 2.05) is 31.2 Å². The maximum atomic E-state index is 13.0. The fourth-order valence-corrected chi connectivity index (χ4v) is 3.74. The first-order valence-electron chi connectivity index (χ1n) is 9.21. The number of carbonyl (C=O) groups is 2. The summed E-state index contributed by atoms with van der Waals surface area (Å²) >= 11 is 3.42. The maximum Gasteiger partial charge on any atom is 0.321 e. The molecule has 28 heavy (non-hydrogen) atoms. The van der Waals surface area contributed by atoms with E-state index in [1.165, 1.54) is 12.1 Å². The smallest absolute Gasteiger partial charge is 0.321 e. The predicted octanol–water partition coefficient (Wildman–Crippen LogP) is 4.54. The second-order valence-corrected chi connectivity index (χ2v) is 8.16. The van der Waals surface area contributed by atoms with Gasteiger partial charge in [-0.2, -0.15) is 0 Å². The molecule has 0 aromatic heterocycles. The average molecular weight is 448 g/mol. The molecule has 2 aromatic carbocycles. The first-order valence-corrected chi connectivity index (χ1v) is 10.00. The van der Waals surface area contributed by atoms with Gasteiger partial charge in [-0.15, -0.1) is 0 Å². The number of piperidine rings is 1. The van der Waals surface area contributed by atoms with E-state index in [0.29, 0.717) is 31.7 Å². The van der Waals surface area contributed by atoms with Gasteiger partial charge in [0.15, 0.2) is 0 Å². The number of rotatable bonds is 4.